The molecule has 1 heterocycles. The van der Waals surface area contributed by atoms with E-state index in [0.29, 0.717) is 11.4 Å². The number of benzene rings is 2. The lowest BCUT2D eigenvalue weighted by molar-refractivity contribution is -0.118. The largest absolute Gasteiger partial charge is 0.482 e. The van der Waals surface area contributed by atoms with Crippen LogP contribution in [0.5, 0.6) is 5.75 Å². The second-order valence-corrected chi connectivity index (χ2v) is 4.82. The normalized spacial score (nSPS) is 14.8. The molecule has 102 valence electrons. The summed E-state index contributed by atoms with van der Waals surface area (Å²) in [4.78, 5) is 11.3. The molecular formula is C16H16N2O2. The van der Waals surface area contributed by atoms with Crippen molar-refractivity contribution in [2.24, 2.45) is 0 Å². The lowest BCUT2D eigenvalue weighted by atomic mass is 10.1. The molecule has 3 rings (SSSR count). The van der Waals surface area contributed by atoms with Crippen LogP contribution in [0.2, 0.25) is 0 Å². The van der Waals surface area contributed by atoms with Crippen molar-refractivity contribution in [3.63, 3.8) is 0 Å². The van der Waals surface area contributed by atoms with E-state index in [2.05, 4.69) is 29.7 Å². The lowest BCUT2D eigenvalue weighted by Gasteiger charge is -2.21. The van der Waals surface area contributed by atoms with Gasteiger partial charge in [-0.15, -0.1) is 0 Å². The van der Waals surface area contributed by atoms with Crippen LogP contribution < -0.4 is 15.4 Å². The number of ether oxygens (including phenoxy) is 1. The molecule has 1 atom stereocenters. The Hall–Kier alpha value is -2.49. The zero-order valence-corrected chi connectivity index (χ0v) is 11.2. The molecule has 2 aromatic rings. The lowest BCUT2D eigenvalue weighted by Crippen LogP contribution is -2.25. The van der Waals surface area contributed by atoms with Gasteiger partial charge in [-0.05, 0) is 30.7 Å². The van der Waals surface area contributed by atoms with E-state index < -0.39 is 0 Å². The smallest absolute Gasteiger partial charge is 0.262 e. The van der Waals surface area contributed by atoms with Crippen LogP contribution in [0, 0.1) is 0 Å². The van der Waals surface area contributed by atoms with Gasteiger partial charge in [0.15, 0.2) is 6.61 Å². The Labute approximate surface area is 117 Å². The van der Waals surface area contributed by atoms with E-state index in [1.165, 1.54) is 5.56 Å². The van der Waals surface area contributed by atoms with Gasteiger partial charge in [0.2, 0.25) is 0 Å². The minimum Gasteiger partial charge on any atom is -0.482 e. The van der Waals surface area contributed by atoms with Crippen LogP contribution >= 0.6 is 0 Å². The Morgan fingerprint density at radius 2 is 2.00 bits per heavy atom. The summed E-state index contributed by atoms with van der Waals surface area (Å²) in [6, 6.07) is 16.1. The van der Waals surface area contributed by atoms with E-state index in [9.17, 15) is 4.79 Å². The highest BCUT2D eigenvalue weighted by atomic mass is 16.5. The van der Waals surface area contributed by atoms with Crippen molar-refractivity contribution < 1.29 is 9.53 Å². The first-order chi connectivity index (χ1) is 9.72. The molecule has 0 spiro atoms. The van der Waals surface area contributed by atoms with Gasteiger partial charge in [-0.3, -0.25) is 4.79 Å². The predicted octanol–water partition coefficient (Wildman–Crippen LogP) is 3.19. The van der Waals surface area contributed by atoms with Crippen molar-refractivity contribution in [2.45, 2.75) is 13.0 Å². The highest BCUT2D eigenvalue weighted by molar-refractivity contribution is 5.96. The Bertz CT molecular complexity index is 626. The number of amides is 1. The van der Waals surface area contributed by atoms with Gasteiger partial charge in [0, 0.05) is 11.7 Å². The Morgan fingerprint density at radius 3 is 2.80 bits per heavy atom. The van der Waals surface area contributed by atoms with Gasteiger partial charge in [-0.2, -0.15) is 0 Å². The molecule has 1 amide bonds. The number of anilines is 2. The first-order valence-electron chi connectivity index (χ1n) is 6.60. The molecule has 4 nitrogen and oxygen atoms in total. The molecule has 1 aliphatic heterocycles. The molecule has 0 aromatic heterocycles. The van der Waals surface area contributed by atoms with Crippen molar-refractivity contribution in [2.75, 3.05) is 17.2 Å². The molecule has 2 aromatic carbocycles. The van der Waals surface area contributed by atoms with E-state index in [-0.39, 0.29) is 18.6 Å². The summed E-state index contributed by atoms with van der Waals surface area (Å²) in [6.45, 7) is 2.18. The molecule has 1 unspecified atom stereocenters. The molecule has 0 bridgehead atoms. The number of nitrogens with one attached hydrogen (secondary N) is 2. The van der Waals surface area contributed by atoms with Crippen LogP contribution in [0.4, 0.5) is 11.4 Å². The molecule has 0 saturated heterocycles. The highest BCUT2D eigenvalue weighted by Crippen LogP contribution is 2.31. The Balaban J connectivity index is 1.78. The maximum Gasteiger partial charge on any atom is 0.262 e. The quantitative estimate of drug-likeness (QED) is 0.898. The number of fused-ring (bicyclic) bond motifs is 1. The van der Waals surface area contributed by atoms with Gasteiger partial charge in [-0.25, -0.2) is 0 Å². The first-order valence-corrected chi connectivity index (χ1v) is 6.60. The molecule has 0 radical (unpaired) electrons. The second-order valence-electron chi connectivity index (χ2n) is 4.82. The number of rotatable bonds is 3. The minimum absolute atomic E-state index is 0.0835. The summed E-state index contributed by atoms with van der Waals surface area (Å²) in [6.07, 6.45) is 0. The SMILES string of the molecule is CC(Nc1ccc2c(c1)NC(=O)CO2)c1ccccc1. The number of hydrogen-bond acceptors (Lipinski definition) is 3. The van der Waals surface area contributed by atoms with E-state index >= 15 is 0 Å². The average Bonchev–Trinajstić information content (AvgIpc) is 2.47. The summed E-state index contributed by atoms with van der Waals surface area (Å²) in [5, 5.41) is 6.23. The average molecular weight is 268 g/mol. The summed E-state index contributed by atoms with van der Waals surface area (Å²) >= 11 is 0. The van der Waals surface area contributed by atoms with Gasteiger partial charge in [0.05, 0.1) is 5.69 Å². The zero-order chi connectivity index (χ0) is 13.9. The highest BCUT2D eigenvalue weighted by Gasteiger charge is 2.16. The molecule has 0 saturated carbocycles. The first kappa shape index (κ1) is 12.5. The third kappa shape index (κ3) is 2.59. The standard InChI is InChI=1S/C16H16N2O2/c1-11(12-5-3-2-4-6-12)17-13-7-8-15-14(9-13)18-16(19)10-20-15/h2-9,11,17H,10H2,1H3,(H,18,19). The van der Waals surface area contributed by atoms with Crippen LogP contribution in [-0.2, 0) is 4.79 Å². The summed E-state index contributed by atoms with van der Waals surface area (Å²) < 4.78 is 5.34. The third-order valence-corrected chi connectivity index (χ3v) is 3.30. The van der Waals surface area contributed by atoms with Crippen molar-refractivity contribution in [1.82, 2.24) is 0 Å². The second kappa shape index (κ2) is 5.25. The van der Waals surface area contributed by atoms with Crippen molar-refractivity contribution in [1.29, 1.82) is 0 Å². The summed E-state index contributed by atoms with van der Waals surface area (Å²) in [7, 11) is 0. The van der Waals surface area contributed by atoms with E-state index in [4.69, 9.17) is 4.74 Å². The van der Waals surface area contributed by atoms with Gasteiger partial charge >= 0.3 is 0 Å². The Kier molecular flexibility index (Phi) is 3.29. The molecule has 20 heavy (non-hydrogen) atoms. The van der Waals surface area contributed by atoms with Gasteiger partial charge in [0.1, 0.15) is 5.75 Å². The molecule has 1 aliphatic rings. The van der Waals surface area contributed by atoms with Crippen molar-refractivity contribution >= 4 is 17.3 Å². The monoisotopic (exact) mass is 268 g/mol. The van der Waals surface area contributed by atoms with Crippen molar-refractivity contribution in [3.8, 4) is 5.75 Å². The van der Waals surface area contributed by atoms with Crippen LogP contribution in [0.3, 0.4) is 0 Å². The van der Waals surface area contributed by atoms with Crippen LogP contribution in [0.15, 0.2) is 48.5 Å². The van der Waals surface area contributed by atoms with E-state index in [1.54, 1.807) is 0 Å². The topological polar surface area (TPSA) is 50.4 Å². The maximum atomic E-state index is 11.3. The molecule has 2 N–H and O–H groups in total. The summed E-state index contributed by atoms with van der Waals surface area (Å²) in [5.41, 5.74) is 2.88. The third-order valence-electron chi connectivity index (χ3n) is 3.30. The number of carbonyl (C=O) groups excluding carboxylic acids is 1. The van der Waals surface area contributed by atoms with Gasteiger partial charge < -0.3 is 15.4 Å². The molecule has 0 fully saturated rings. The van der Waals surface area contributed by atoms with Crippen LogP contribution in [-0.4, -0.2) is 12.5 Å². The fraction of sp³-hybridized carbons (Fsp3) is 0.188. The predicted molar refractivity (Wildman–Crippen MR) is 79.0 cm³/mol. The fourth-order valence-electron chi connectivity index (χ4n) is 2.25. The van der Waals surface area contributed by atoms with Gasteiger partial charge in [0.25, 0.3) is 5.91 Å². The summed E-state index contributed by atoms with van der Waals surface area (Å²) in [5.74, 6) is 0.591. The number of hydrogen-bond donors (Lipinski definition) is 2. The number of carbonyl (C=O) groups is 1. The molecule has 4 heteroatoms. The maximum absolute atomic E-state index is 11.3. The van der Waals surface area contributed by atoms with Crippen LogP contribution in [0.1, 0.15) is 18.5 Å². The fourth-order valence-corrected chi connectivity index (χ4v) is 2.25. The van der Waals surface area contributed by atoms with Crippen LogP contribution in [0.25, 0.3) is 0 Å². The van der Waals surface area contributed by atoms with E-state index in [1.807, 2.05) is 36.4 Å². The molecular weight excluding hydrogens is 252 g/mol. The van der Waals surface area contributed by atoms with Gasteiger partial charge in [-0.1, -0.05) is 30.3 Å². The van der Waals surface area contributed by atoms with E-state index in [0.717, 1.165) is 5.69 Å². The zero-order valence-electron chi connectivity index (χ0n) is 11.2. The Morgan fingerprint density at radius 1 is 1.20 bits per heavy atom. The van der Waals surface area contributed by atoms with Crippen molar-refractivity contribution in [3.05, 3.63) is 54.1 Å². The minimum atomic E-state index is -0.120. The molecule has 0 aliphatic carbocycles.